The van der Waals surface area contributed by atoms with Crippen molar-refractivity contribution < 1.29 is 14.5 Å². The van der Waals surface area contributed by atoms with Gasteiger partial charge in [-0.1, -0.05) is 12.1 Å². The Morgan fingerprint density at radius 2 is 1.76 bits per heavy atom. The average molecular weight is 446 g/mol. The predicted molar refractivity (Wildman–Crippen MR) is 118 cm³/mol. The summed E-state index contributed by atoms with van der Waals surface area (Å²) >= 11 is 0. The molecule has 1 saturated heterocycles. The lowest BCUT2D eigenvalue weighted by Crippen LogP contribution is -2.49. The van der Waals surface area contributed by atoms with Crippen LogP contribution >= 0.6 is 0 Å². The molecule has 1 aliphatic heterocycles. The van der Waals surface area contributed by atoms with Crippen LogP contribution in [0.3, 0.4) is 0 Å². The highest BCUT2D eigenvalue weighted by Crippen LogP contribution is 2.19. The molecule has 33 heavy (non-hydrogen) atoms. The zero-order chi connectivity index (χ0) is 23.2. The standard InChI is InChI=1S/C23H22N6O4/c24-13-18-1-3-19(4-2-18)15-28-17-25-14-21(28)16-26-9-11-27(12-10-26)23(30)33-22-7-5-20(6-8-22)29(31)32/h1-8,14,17H,9-12,15-16H2. The maximum Gasteiger partial charge on any atom is 0.415 e. The Kier molecular flexibility index (Phi) is 6.61. The van der Waals surface area contributed by atoms with Gasteiger partial charge in [0.1, 0.15) is 5.75 Å². The number of nitro groups is 1. The van der Waals surface area contributed by atoms with Gasteiger partial charge in [-0.05, 0) is 29.8 Å². The van der Waals surface area contributed by atoms with Crippen LogP contribution in [0, 0.1) is 21.4 Å². The maximum absolute atomic E-state index is 12.4. The maximum atomic E-state index is 12.4. The summed E-state index contributed by atoms with van der Waals surface area (Å²) in [6.07, 6.45) is 3.18. The van der Waals surface area contributed by atoms with E-state index in [1.807, 2.05) is 18.3 Å². The summed E-state index contributed by atoms with van der Waals surface area (Å²) in [6, 6.07) is 15.1. The molecule has 2 heterocycles. The van der Waals surface area contributed by atoms with Crippen molar-refractivity contribution in [3.63, 3.8) is 0 Å². The van der Waals surface area contributed by atoms with Crippen molar-refractivity contribution >= 4 is 11.8 Å². The molecule has 0 bridgehead atoms. The van der Waals surface area contributed by atoms with Crippen molar-refractivity contribution in [3.05, 3.63) is 88.0 Å². The molecule has 0 atom stereocenters. The number of hydrogen-bond donors (Lipinski definition) is 0. The number of hydrogen-bond acceptors (Lipinski definition) is 7. The third kappa shape index (κ3) is 5.53. The second kappa shape index (κ2) is 9.93. The van der Waals surface area contributed by atoms with Crippen molar-refractivity contribution in [3.8, 4) is 11.8 Å². The fourth-order valence-electron chi connectivity index (χ4n) is 3.62. The zero-order valence-electron chi connectivity index (χ0n) is 17.8. The second-order valence-corrected chi connectivity index (χ2v) is 7.70. The number of carbonyl (C=O) groups is 1. The molecular formula is C23H22N6O4. The quantitative estimate of drug-likeness (QED) is 0.422. The number of nitro benzene ring substituents is 1. The smallest absolute Gasteiger partial charge is 0.410 e. The fourth-order valence-corrected chi connectivity index (χ4v) is 3.62. The van der Waals surface area contributed by atoms with Crippen LogP contribution in [-0.2, 0) is 13.1 Å². The van der Waals surface area contributed by atoms with Crippen LogP contribution in [0.25, 0.3) is 0 Å². The first kappa shape index (κ1) is 22.0. The highest BCUT2D eigenvalue weighted by Gasteiger charge is 2.23. The summed E-state index contributed by atoms with van der Waals surface area (Å²) in [5.41, 5.74) is 2.74. The average Bonchev–Trinajstić information content (AvgIpc) is 3.26. The first-order valence-electron chi connectivity index (χ1n) is 10.4. The van der Waals surface area contributed by atoms with Crippen LogP contribution in [0.4, 0.5) is 10.5 Å². The SMILES string of the molecule is N#Cc1ccc(Cn2cncc2CN2CCN(C(=O)Oc3ccc([N+](=O)[O-])cc3)CC2)cc1. The molecule has 0 radical (unpaired) electrons. The molecule has 3 aromatic rings. The molecule has 1 fully saturated rings. The number of piperazine rings is 1. The van der Waals surface area contributed by atoms with Gasteiger partial charge in [-0.15, -0.1) is 0 Å². The van der Waals surface area contributed by atoms with E-state index in [0.29, 0.717) is 44.8 Å². The topological polar surface area (TPSA) is 118 Å². The Morgan fingerprint density at radius 3 is 2.39 bits per heavy atom. The molecule has 1 amide bonds. The number of nitrogens with zero attached hydrogens (tertiary/aromatic N) is 6. The van der Waals surface area contributed by atoms with E-state index in [2.05, 4.69) is 20.5 Å². The number of amides is 1. The van der Waals surface area contributed by atoms with Gasteiger partial charge in [-0.2, -0.15) is 5.26 Å². The van der Waals surface area contributed by atoms with E-state index in [1.54, 1.807) is 23.4 Å². The lowest BCUT2D eigenvalue weighted by Gasteiger charge is -2.34. The van der Waals surface area contributed by atoms with Gasteiger partial charge >= 0.3 is 6.09 Å². The van der Waals surface area contributed by atoms with Crippen molar-refractivity contribution in [1.29, 1.82) is 5.26 Å². The molecule has 0 saturated carbocycles. The number of rotatable bonds is 6. The summed E-state index contributed by atoms with van der Waals surface area (Å²) in [6.45, 7) is 3.81. The summed E-state index contributed by atoms with van der Waals surface area (Å²) in [4.78, 5) is 30.8. The monoisotopic (exact) mass is 446 g/mol. The third-order valence-corrected chi connectivity index (χ3v) is 5.50. The van der Waals surface area contributed by atoms with Gasteiger partial charge in [-0.25, -0.2) is 9.78 Å². The number of ether oxygens (including phenoxy) is 1. The molecule has 10 heteroatoms. The van der Waals surface area contributed by atoms with Crippen LogP contribution in [0.15, 0.2) is 61.1 Å². The fraction of sp³-hybridized carbons (Fsp3) is 0.261. The largest absolute Gasteiger partial charge is 0.415 e. The van der Waals surface area contributed by atoms with Crippen LogP contribution < -0.4 is 4.74 Å². The number of imidazole rings is 1. The van der Waals surface area contributed by atoms with Crippen LogP contribution in [0.2, 0.25) is 0 Å². The Morgan fingerprint density at radius 1 is 1.06 bits per heavy atom. The summed E-state index contributed by atoms with van der Waals surface area (Å²) in [5, 5.41) is 19.7. The lowest BCUT2D eigenvalue weighted by atomic mass is 10.1. The summed E-state index contributed by atoms with van der Waals surface area (Å²) < 4.78 is 7.42. The minimum Gasteiger partial charge on any atom is -0.410 e. The van der Waals surface area contributed by atoms with Crippen molar-refractivity contribution in [1.82, 2.24) is 19.4 Å². The second-order valence-electron chi connectivity index (χ2n) is 7.70. The molecule has 2 aromatic carbocycles. The molecule has 10 nitrogen and oxygen atoms in total. The predicted octanol–water partition coefficient (Wildman–Crippen LogP) is 3.03. The number of carbonyl (C=O) groups excluding carboxylic acids is 1. The lowest BCUT2D eigenvalue weighted by molar-refractivity contribution is -0.384. The van der Waals surface area contributed by atoms with Crippen molar-refractivity contribution in [2.24, 2.45) is 0 Å². The zero-order valence-corrected chi connectivity index (χ0v) is 17.8. The van der Waals surface area contributed by atoms with Gasteiger partial charge in [0.25, 0.3) is 5.69 Å². The molecule has 168 valence electrons. The van der Waals surface area contributed by atoms with E-state index in [-0.39, 0.29) is 11.4 Å². The van der Waals surface area contributed by atoms with Gasteiger partial charge < -0.3 is 14.2 Å². The van der Waals surface area contributed by atoms with Gasteiger partial charge in [0.15, 0.2) is 0 Å². The van der Waals surface area contributed by atoms with Crippen molar-refractivity contribution in [2.75, 3.05) is 26.2 Å². The number of aromatic nitrogens is 2. The first-order valence-corrected chi connectivity index (χ1v) is 10.4. The molecule has 4 rings (SSSR count). The Bertz CT molecular complexity index is 1160. The van der Waals surface area contributed by atoms with Crippen LogP contribution in [0.1, 0.15) is 16.8 Å². The number of benzene rings is 2. The van der Waals surface area contributed by atoms with Gasteiger partial charge in [0, 0.05) is 57.6 Å². The molecule has 0 aliphatic carbocycles. The molecule has 1 aromatic heterocycles. The van der Waals surface area contributed by atoms with Crippen LogP contribution in [-0.4, -0.2) is 56.5 Å². The highest BCUT2D eigenvalue weighted by molar-refractivity contribution is 5.71. The molecule has 1 aliphatic rings. The minimum absolute atomic E-state index is 0.0539. The minimum atomic E-state index is -0.499. The number of nitriles is 1. The Balaban J connectivity index is 1.28. The van der Waals surface area contributed by atoms with E-state index < -0.39 is 11.0 Å². The van der Waals surface area contributed by atoms with E-state index in [9.17, 15) is 14.9 Å². The molecule has 0 spiro atoms. The van der Waals surface area contributed by atoms with E-state index in [4.69, 9.17) is 10.00 Å². The number of non-ortho nitro benzene ring substituents is 1. The van der Waals surface area contributed by atoms with Crippen molar-refractivity contribution in [2.45, 2.75) is 13.1 Å². The molecular weight excluding hydrogens is 424 g/mol. The Hall–Kier alpha value is -4.23. The summed E-state index contributed by atoms with van der Waals surface area (Å²) in [5.74, 6) is 0.278. The van der Waals surface area contributed by atoms with Gasteiger partial charge in [-0.3, -0.25) is 15.0 Å². The highest BCUT2D eigenvalue weighted by atomic mass is 16.6. The van der Waals surface area contributed by atoms with Gasteiger partial charge in [0.2, 0.25) is 0 Å². The third-order valence-electron chi connectivity index (χ3n) is 5.50. The van der Waals surface area contributed by atoms with E-state index >= 15 is 0 Å². The van der Waals surface area contributed by atoms with E-state index in [1.165, 1.54) is 24.3 Å². The summed E-state index contributed by atoms with van der Waals surface area (Å²) in [7, 11) is 0. The Labute approximate surface area is 190 Å². The normalized spacial score (nSPS) is 14.0. The van der Waals surface area contributed by atoms with Crippen LogP contribution in [0.5, 0.6) is 5.75 Å². The van der Waals surface area contributed by atoms with E-state index in [0.717, 1.165) is 11.3 Å². The first-order chi connectivity index (χ1) is 16.0. The molecule has 0 unspecified atom stereocenters. The van der Waals surface area contributed by atoms with Gasteiger partial charge in [0.05, 0.1) is 28.6 Å². The molecule has 0 N–H and O–H groups in total.